The van der Waals surface area contributed by atoms with Crippen molar-refractivity contribution in [1.82, 2.24) is 24.5 Å². The topological polar surface area (TPSA) is 69.6 Å². The minimum Gasteiger partial charge on any atom is -0.434 e. The van der Waals surface area contributed by atoms with Gasteiger partial charge in [-0.25, -0.2) is 19.9 Å². The molecule has 0 bridgehead atoms. The molecule has 6 heteroatoms. The lowest BCUT2D eigenvalue weighted by Gasteiger charge is -2.11. The molecule has 0 spiro atoms. The molecule has 0 saturated heterocycles. The molecule has 0 saturated carbocycles. The van der Waals surface area contributed by atoms with Gasteiger partial charge in [0.2, 0.25) is 5.89 Å². The zero-order valence-electron chi connectivity index (χ0n) is 24.6. The molecule has 3 heterocycles. The van der Waals surface area contributed by atoms with E-state index in [4.69, 9.17) is 24.4 Å². The smallest absolute Gasteiger partial charge is 0.227 e. The SMILES string of the molecule is c1ccc(-c2nc(-c3ccccc3)nc(-c3cccc(-n4c5ccccc5c5ccc6nc(-c7ccccc7)oc6c54)c3)n2)cc1. The maximum Gasteiger partial charge on any atom is 0.227 e. The Labute approximate surface area is 264 Å². The number of fused-ring (bicyclic) bond motifs is 5. The highest BCUT2D eigenvalue weighted by Crippen LogP contribution is 2.38. The summed E-state index contributed by atoms with van der Waals surface area (Å²) in [5.41, 5.74) is 8.26. The Morgan fingerprint density at radius 1 is 0.435 bits per heavy atom. The summed E-state index contributed by atoms with van der Waals surface area (Å²) in [7, 11) is 0. The van der Waals surface area contributed by atoms with Gasteiger partial charge in [0.1, 0.15) is 5.52 Å². The van der Waals surface area contributed by atoms with Gasteiger partial charge in [-0.05, 0) is 42.5 Å². The van der Waals surface area contributed by atoms with E-state index in [1.54, 1.807) is 0 Å². The van der Waals surface area contributed by atoms with E-state index in [9.17, 15) is 0 Å². The summed E-state index contributed by atoms with van der Waals surface area (Å²) < 4.78 is 8.80. The third kappa shape index (κ3) is 4.35. The molecular formula is C40H25N5O. The second-order valence-electron chi connectivity index (χ2n) is 11.1. The summed E-state index contributed by atoms with van der Waals surface area (Å²) in [6.07, 6.45) is 0. The Balaban J connectivity index is 1.27. The van der Waals surface area contributed by atoms with Crippen molar-refractivity contribution >= 4 is 32.9 Å². The third-order valence-corrected chi connectivity index (χ3v) is 8.27. The van der Waals surface area contributed by atoms with Crippen LogP contribution in [0.3, 0.4) is 0 Å². The Bertz CT molecular complexity index is 2460. The zero-order valence-corrected chi connectivity index (χ0v) is 24.6. The fourth-order valence-electron chi connectivity index (χ4n) is 6.13. The first-order valence-electron chi connectivity index (χ1n) is 15.2. The van der Waals surface area contributed by atoms with Gasteiger partial charge in [0.05, 0.1) is 11.0 Å². The van der Waals surface area contributed by atoms with Crippen molar-refractivity contribution < 1.29 is 4.42 Å². The van der Waals surface area contributed by atoms with E-state index < -0.39 is 0 Å². The molecule has 9 rings (SSSR count). The summed E-state index contributed by atoms with van der Waals surface area (Å²) in [5, 5.41) is 2.24. The van der Waals surface area contributed by atoms with Crippen LogP contribution in [0, 0.1) is 0 Å². The molecule has 9 aromatic rings. The van der Waals surface area contributed by atoms with Crippen molar-refractivity contribution in [3.05, 3.63) is 152 Å². The van der Waals surface area contributed by atoms with Gasteiger partial charge in [-0.3, -0.25) is 0 Å². The van der Waals surface area contributed by atoms with Crippen LogP contribution < -0.4 is 0 Å². The van der Waals surface area contributed by atoms with Crippen molar-refractivity contribution in [2.45, 2.75) is 0 Å². The first kappa shape index (κ1) is 26.0. The fraction of sp³-hybridized carbons (Fsp3) is 0. The van der Waals surface area contributed by atoms with Gasteiger partial charge >= 0.3 is 0 Å². The molecule has 3 aromatic heterocycles. The number of hydrogen-bond donors (Lipinski definition) is 0. The summed E-state index contributed by atoms with van der Waals surface area (Å²) in [4.78, 5) is 19.7. The van der Waals surface area contributed by atoms with Crippen molar-refractivity contribution in [2.75, 3.05) is 0 Å². The summed E-state index contributed by atoms with van der Waals surface area (Å²) in [6, 6.07) is 51.1. The fourth-order valence-corrected chi connectivity index (χ4v) is 6.13. The number of hydrogen-bond acceptors (Lipinski definition) is 5. The first-order chi connectivity index (χ1) is 22.8. The second-order valence-corrected chi connectivity index (χ2v) is 11.1. The van der Waals surface area contributed by atoms with Gasteiger partial charge in [0, 0.05) is 38.7 Å². The quantitative estimate of drug-likeness (QED) is 0.199. The zero-order chi connectivity index (χ0) is 30.5. The van der Waals surface area contributed by atoms with Crippen LogP contribution in [0.4, 0.5) is 0 Å². The molecular weight excluding hydrogens is 566 g/mol. The Morgan fingerprint density at radius 3 is 1.67 bits per heavy atom. The van der Waals surface area contributed by atoms with Crippen LogP contribution >= 0.6 is 0 Å². The van der Waals surface area contributed by atoms with E-state index in [1.165, 1.54) is 0 Å². The average Bonchev–Trinajstić information content (AvgIpc) is 3.72. The minimum atomic E-state index is 0.598. The van der Waals surface area contributed by atoms with Crippen LogP contribution in [0.5, 0.6) is 0 Å². The standard InChI is InChI=1S/C40H25N5O/c1-4-13-26(14-5-1)37-42-38(27-15-6-2-7-16-27)44-39(43-37)29-19-12-20-30(25-29)45-34-22-11-10-21-31(34)32-23-24-33-36(35(32)45)46-40(41-33)28-17-8-3-9-18-28/h1-25H. The summed E-state index contributed by atoms with van der Waals surface area (Å²) in [6.45, 7) is 0. The van der Waals surface area contributed by atoms with E-state index in [1.807, 2.05) is 103 Å². The molecule has 0 aliphatic rings. The van der Waals surface area contributed by atoms with Crippen LogP contribution in [0.1, 0.15) is 0 Å². The highest BCUT2D eigenvalue weighted by Gasteiger charge is 2.20. The van der Waals surface area contributed by atoms with Crippen LogP contribution in [0.2, 0.25) is 0 Å². The third-order valence-electron chi connectivity index (χ3n) is 8.27. The number of rotatable bonds is 5. The van der Waals surface area contributed by atoms with Crippen LogP contribution in [0.15, 0.2) is 156 Å². The summed E-state index contributed by atoms with van der Waals surface area (Å²) in [5.74, 6) is 2.46. The van der Waals surface area contributed by atoms with Gasteiger partial charge in [-0.2, -0.15) is 0 Å². The van der Waals surface area contributed by atoms with Gasteiger partial charge in [0.15, 0.2) is 23.1 Å². The molecule has 0 atom stereocenters. The Morgan fingerprint density at radius 2 is 1.00 bits per heavy atom. The molecule has 216 valence electrons. The molecule has 0 N–H and O–H groups in total. The average molecular weight is 592 g/mol. The highest BCUT2D eigenvalue weighted by molar-refractivity contribution is 6.16. The van der Waals surface area contributed by atoms with E-state index in [0.717, 1.165) is 60.8 Å². The van der Waals surface area contributed by atoms with Crippen molar-refractivity contribution in [3.63, 3.8) is 0 Å². The minimum absolute atomic E-state index is 0.598. The lowest BCUT2D eigenvalue weighted by atomic mass is 10.1. The van der Waals surface area contributed by atoms with Crippen LogP contribution in [-0.4, -0.2) is 24.5 Å². The normalized spacial score (nSPS) is 11.5. The molecule has 6 nitrogen and oxygen atoms in total. The van der Waals surface area contributed by atoms with Crippen molar-refractivity contribution in [3.8, 4) is 51.3 Å². The second kappa shape index (κ2) is 10.6. The highest BCUT2D eigenvalue weighted by atomic mass is 16.3. The lowest BCUT2D eigenvalue weighted by molar-refractivity contribution is 0.622. The number of oxazole rings is 1. The molecule has 0 amide bonds. The number of para-hydroxylation sites is 1. The van der Waals surface area contributed by atoms with Crippen LogP contribution in [-0.2, 0) is 0 Å². The van der Waals surface area contributed by atoms with Crippen LogP contribution in [0.25, 0.3) is 84.2 Å². The monoisotopic (exact) mass is 591 g/mol. The molecule has 0 radical (unpaired) electrons. The van der Waals surface area contributed by atoms with Gasteiger partial charge < -0.3 is 8.98 Å². The van der Waals surface area contributed by atoms with E-state index >= 15 is 0 Å². The molecule has 0 aliphatic heterocycles. The van der Waals surface area contributed by atoms with Crippen molar-refractivity contribution in [2.24, 2.45) is 0 Å². The largest absolute Gasteiger partial charge is 0.434 e. The predicted octanol–water partition coefficient (Wildman–Crippen LogP) is 9.78. The molecule has 46 heavy (non-hydrogen) atoms. The molecule has 0 unspecified atom stereocenters. The molecule has 0 fully saturated rings. The lowest BCUT2D eigenvalue weighted by Crippen LogP contribution is -2.01. The number of benzene rings is 6. The van der Waals surface area contributed by atoms with Gasteiger partial charge in [-0.1, -0.05) is 109 Å². The Kier molecular flexibility index (Phi) is 6.03. The first-order valence-corrected chi connectivity index (χ1v) is 15.2. The Hall–Kier alpha value is -6.40. The van der Waals surface area contributed by atoms with Gasteiger partial charge in [0.25, 0.3) is 0 Å². The molecule has 0 aliphatic carbocycles. The van der Waals surface area contributed by atoms with Crippen molar-refractivity contribution in [1.29, 1.82) is 0 Å². The maximum atomic E-state index is 6.54. The maximum absolute atomic E-state index is 6.54. The van der Waals surface area contributed by atoms with E-state index in [-0.39, 0.29) is 0 Å². The number of nitrogens with zero attached hydrogens (tertiary/aromatic N) is 5. The molecule has 6 aromatic carbocycles. The van der Waals surface area contributed by atoms with E-state index in [0.29, 0.717) is 23.4 Å². The van der Waals surface area contributed by atoms with E-state index in [2.05, 4.69) is 53.1 Å². The summed E-state index contributed by atoms with van der Waals surface area (Å²) >= 11 is 0. The van der Waals surface area contributed by atoms with Gasteiger partial charge in [-0.15, -0.1) is 0 Å². The number of aromatic nitrogens is 5. The predicted molar refractivity (Wildman–Crippen MR) is 183 cm³/mol.